The molecule has 2 aromatic carbocycles. The van der Waals surface area contributed by atoms with E-state index in [1.165, 1.54) is 4.31 Å². The number of halogens is 1. The SMILES string of the molecule is Cc1ccc(C)c(S(=O)(=O)N2CCC[C@@H](C(=O)Nc3ccc(Cl)cc3C)C2)c1. The Morgan fingerprint density at radius 1 is 1.11 bits per heavy atom. The number of hydrogen-bond donors (Lipinski definition) is 1. The van der Waals surface area contributed by atoms with E-state index in [0.717, 1.165) is 11.1 Å². The van der Waals surface area contributed by atoms with E-state index in [9.17, 15) is 13.2 Å². The molecule has 0 aliphatic carbocycles. The largest absolute Gasteiger partial charge is 0.326 e. The number of nitrogens with one attached hydrogen (secondary N) is 1. The molecule has 1 fully saturated rings. The number of anilines is 1. The summed E-state index contributed by atoms with van der Waals surface area (Å²) in [7, 11) is -3.63. The maximum atomic E-state index is 13.2. The van der Waals surface area contributed by atoms with Crippen molar-refractivity contribution in [1.82, 2.24) is 4.31 Å². The molecule has 1 aliphatic heterocycles. The van der Waals surface area contributed by atoms with Crippen molar-refractivity contribution >= 4 is 33.2 Å². The van der Waals surface area contributed by atoms with Crippen LogP contribution in [0.4, 0.5) is 5.69 Å². The molecular weight excluding hydrogens is 396 g/mol. The summed E-state index contributed by atoms with van der Waals surface area (Å²) in [5, 5.41) is 3.53. The Balaban J connectivity index is 1.78. The van der Waals surface area contributed by atoms with Crippen LogP contribution in [0.1, 0.15) is 29.5 Å². The molecule has 150 valence electrons. The number of amides is 1. The summed E-state index contributed by atoms with van der Waals surface area (Å²) in [6.07, 6.45) is 1.32. The second-order valence-electron chi connectivity index (χ2n) is 7.42. The van der Waals surface area contributed by atoms with E-state index in [1.807, 2.05) is 26.0 Å². The molecular formula is C21H25ClN2O3S. The Hall–Kier alpha value is -1.89. The number of aryl methyl sites for hydroxylation is 3. The van der Waals surface area contributed by atoms with Gasteiger partial charge in [0, 0.05) is 23.8 Å². The highest BCUT2D eigenvalue weighted by molar-refractivity contribution is 7.89. The quantitative estimate of drug-likeness (QED) is 0.801. The van der Waals surface area contributed by atoms with Crippen LogP contribution in [0.25, 0.3) is 0 Å². The van der Waals surface area contributed by atoms with E-state index in [1.54, 1.807) is 31.2 Å². The van der Waals surface area contributed by atoms with Gasteiger partial charge in [-0.2, -0.15) is 4.31 Å². The molecule has 0 saturated carbocycles. The second-order valence-corrected chi connectivity index (χ2v) is 9.76. The molecule has 0 spiro atoms. The Morgan fingerprint density at radius 2 is 1.86 bits per heavy atom. The summed E-state index contributed by atoms with van der Waals surface area (Å²) in [5.74, 6) is -0.546. The number of carbonyl (C=O) groups excluding carboxylic acids is 1. The number of sulfonamides is 1. The molecule has 1 heterocycles. The van der Waals surface area contributed by atoms with Gasteiger partial charge in [0.05, 0.1) is 10.8 Å². The third-order valence-corrected chi connectivity index (χ3v) is 7.40. The maximum absolute atomic E-state index is 13.2. The summed E-state index contributed by atoms with van der Waals surface area (Å²) in [4.78, 5) is 13.1. The average Bonchev–Trinajstić information content (AvgIpc) is 2.66. The van der Waals surface area contributed by atoms with Crippen molar-refractivity contribution in [2.24, 2.45) is 5.92 Å². The number of piperidine rings is 1. The number of hydrogen-bond acceptors (Lipinski definition) is 3. The van der Waals surface area contributed by atoms with E-state index in [2.05, 4.69) is 5.32 Å². The predicted octanol–water partition coefficient (Wildman–Crippen LogP) is 4.30. The van der Waals surface area contributed by atoms with Crippen molar-refractivity contribution in [1.29, 1.82) is 0 Å². The maximum Gasteiger partial charge on any atom is 0.243 e. The number of carbonyl (C=O) groups is 1. The fourth-order valence-electron chi connectivity index (χ4n) is 3.50. The van der Waals surface area contributed by atoms with Gasteiger partial charge in [-0.1, -0.05) is 23.7 Å². The highest BCUT2D eigenvalue weighted by atomic mass is 35.5. The normalized spacial score (nSPS) is 18.1. The summed E-state index contributed by atoms with van der Waals surface area (Å²) in [6, 6.07) is 10.7. The first-order chi connectivity index (χ1) is 13.2. The van der Waals surface area contributed by atoms with Crippen molar-refractivity contribution in [2.45, 2.75) is 38.5 Å². The fourth-order valence-corrected chi connectivity index (χ4v) is 5.56. The summed E-state index contributed by atoms with van der Waals surface area (Å²) < 4.78 is 27.8. The van der Waals surface area contributed by atoms with Crippen LogP contribution >= 0.6 is 11.6 Å². The lowest BCUT2D eigenvalue weighted by molar-refractivity contribution is -0.120. The van der Waals surface area contributed by atoms with Gasteiger partial charge in [0.25, 0.3) is 0 Å². The van der Waals surface area contributed by atoms with Crippen LogP contribution in [-0.2, 0) is 14.8 Å². The minimum Gasteiger partial charge on any atom is -0.326 e. The van der Waals surface area contributed by atoms with Gasteiger partial charge >= 0.3 is 0 Å². The molecule has 2 aromatic rings. The highest BCUT2D eigenvalue weighted by Gasteiger charge is 2.34. The molecule has 0 bridgehead atoms. The zero-order valence-electron chi connectivity index (χ0n) is 16.3. The van der Waals surface area contributed by atoms with Crippen molar-refractivity contribution in [3.8, 4) is 0 Å². The molecule has 1 N–H and O–H groups in total. The molecule has 0 aromatic heterocycles. The minimum absolute atomic E-state index is 0.161. The second kappa shape index (κ2) is 8.23. The molecule has 1 saturated heterocycles. The van der Waals surface area contributed by atoms with E-state index in [4.69, 9.17) is 11.6 Å². The van der Waals surface area contributed by atoms with Crippen molar-refractivity contribution < 1.29 is 13.2 Å². The molecule has 28 heavy (non-hydrogen) atoms. The standard InChI is InChI=1S/C21H25ClN2O3S/c1-14-6-7-15(2)20(11-14)28(26,27)24-10-4-5-17(13-24)21(25)23-19-9-8-18(22)12-16(19)3/h6-9,11-12,17H,4-5,10,13H2,1-3H3,(H,23,25)/t17-/m1/s1. The predicted molar refractivity (Wildman–Crippen MR) is 112 cm³/mol. The first-order valence-electron chi connectivity index (χ1n) is 9.33. The van der Waals surface area contributed by atoms with Gasteiger partial charge in [0.1, 0.15) is 0 Å². The molecule has 5 nitrogen and oxygen atoms in total. The van der Waals surface area contributed by atoms with Crippen LogP contribution < -0.4 is 5.32 Å². The van der Waals surface area contributed by atoms with Crippen LogP contribution in [-0.4, -0.2) is 31.7 Å². The topological polar surface area (TPSA) is 66.5 Å². The summed E-state index contributed by atoms with van der Waals surface area (Å²) >= 11 is 5.97. The highest BCUT2D eigenvalue weighted by Crippen LogP contribution is 2.28. The molecule has 1 aliphatic rings. The van der Waals surface area contributed by atoms with E-state index in [0.29, 0.717) is 40.6 Å². The summed E-state index contributed by atoms with van der Waals surface area (Å²) in [6.45, 7) is 6.16. The van der Waals surface area contributed by atoms with Crippen LogP contribution in [0.5, 0.6) is 0 Å². The van der Waals surface area contributed by atoms with Crippen LogP contribution in [0.3, 0.4) is 0 Å². The van der Waals surface area contributed by atoms with E-state index in [-0.39, 0.29) is 18.4 Å². The molecule has 3 rings (SSSR count). The Morgan fingerprint density at radius 3 is 2.57 bits per heavy atom. The fraction of sp³-hybridized carbons (Fsp3) is 0.381. The zero-order valence-corrected chi connectivity index (χ0v) is 17.9. The lowest BCUT2D eigenvalue weighted by Crippen LogP contribution is -2.43. The summed E-state index contributed by atoms with van der Waals surface area (Å²) in [5.41, 5.74) is 3.18. The lowest BCUT2D eigenvalue weighted by atomic mass is 9.98. The Kier molecular flexibility index (Phi) is 6.12. The number of nitrogens with zero attached hydrogens (tertiary/aromatic N) is 1. The van der Waals surface area contributed by atoms with E-state index < -0.39 is 10.0 Å². The van der Waals surface area contributed by atoms with Crippen LogP contribution in [0.2, 0.25) is 5.02 Å². The lowest BCUT2D eigenvalue weighted by Gasteiger charge is -2.31. The van der Waals surface area contributed by atoms with Gasteiger partial charge in [-0.25, -0.2) is 8.42 Å². The molecule has 0 unspecified atom stereocenters. The van der Waals surface area contributed by atoms with Gasteiger partial charge in [-0.05, 0) is 74.6 Å². The van der Waals surface area contributed by atoms with Crippen molar-refractivity contribution in [2.75, 3.05) is 18.4 Å². The van der Waals surface area contributed by atoms with Gasteiger partial charge in [-0.3, -0.25) is 4.79 Å². The third kappa shape index (κ3) is 4.40. The van der Waals surface area contributed by atoms with Gasteiger partial charge < -0.3 is 5.32 Å². The van der Waals surface area contributed by atoms with Crippen LogP contribution in [0.15, 0.2) is 41.3 Å². The Labute approximate surface area is 171 Å². The molecule has 0 radical (unpaired) electrons. The number of rotatable bonds is 4. The number of benzene rings is 2. The average molecular weight is 421 g/mol. The first-order valence-corrected chi connectivity index (χ1v) is 11.1. The third-order valence-electron chi connectivity index (χ3n) is 5.16. The molecule has 1 atom stereocenters. The van der Waals surface area contributed by atoms with Crippen molar-refractivity contribution in [3.63, 3.8) is 0 Å². The minimum atomic E-state index is -3.63. The van der Waals surface area contributed by atoms with Gasteiger partial charge in [0.15, 0.2) is 0 Å². The Bertz CT molecular complexity index is 1000. The smallest absolute Gasteiger partial charge is 0.243 e. The van der Waals surface area contributed by atoms with Crippen molar-refractivity contribution in [3.05, 3.63) is 58.1 Å². The monoisotopic (exact) mass is 420 g/mol. The van der Waals surface area contributed by atoms with Crippen LogP contribution in [0, 0.1) is 26.7 Å². The van der Waals surface area contributed by atoms with Gasteiger partial charge in [0.2, 0.25) is 15.9 Å². The van der Waals surface area contributed by atoms with E-state index >= 15 is 0 Å². The molecule has 7 heteroatoms. The van der Waals surface area contributed by atoms with Gasteiger partial charge in [-0.15, -0.1) is 0 Å². The zero-order chi connectivity index (χ0) is 20.5. The first kappa shape index (κ1) is 20.8. The molecule has 1 amide bonds.